The number of esters is 1. The molecule has 216 valence electrons. The Balaban J connectivity index is 1.77. The molecule has 0 unspecified atom stereocenters. The molecule has 2 fully saturated rings. The summed E-state index contributed by atoms with van der Waals surface area (Å²) in [5.41, 5.74) is 2.85. The molecular weight excluding hydrogens is 492 g/mol. The van der Waals surface area contributed by atoms with Gasteiger partial charge >= 0.3 is 12.1 Å². The number of rotatable bonds is 6. The third-order valence-corrected chi connectivity index (χ3v) is 7.90. The van der Waals surface area contributed by atoms with Gasteiger partial charge in [-0.3, -0.25) is 4.90 Å². The van der Waals surface area contributed by atoms with Gasteiger partial charge in [-0.2, -0.15) is 0 Å². The van der Waals surface area contributed by atoms with Crippen LogP contribution in [0.2, 0.25) is 0 Å². The van der Waals surface area contributed by atoms with Crippen LogP contribution in [0.5, 0.6) is 0 Å². The van der Waals surface area contributed by atoms with Gasteiger partial charge in [0.05, 0.1) is 19.2 Å². The lowest BCUT2D eigenvalue weighted by molar-refractivity contribution is 0.0183. The number of ether oxygens (including phenoxy) is 2. The highest BCUT2D eigenvalue weighted by Gasteiger charge is 2.32. The van der Waals surface area contributed by atoms with Crippen molar-refractivity contribution in [3.05, 3.63) is 28.8 Å². The van der Waals surface area contributed by atoms with E-state index in [1.54, 1.807) is 4.90 Å². The highest BCUT2D eigenvalue weighted by atomic mass is 16.6. The van der Waals surface area contributed by atoms with Crippen molar-refractivity contribution >= 4 is 17.7 Å². The molecular formula is C31H48N4O4. The van der Waals surface area contributed by atoms with Crippen molar-refractivity contribution in [2.75, 3.05) is 65.4 Å². The summed E-state index contributed by atoms with van der Waals surface area (Å²) in [6, 6.07) is 4.47. The number of likely N-dealkylation sites (N-methyl/N-ethyl adjacent to an activating group) is 1. The van der Waals surface area contributed by atoms with E-state index in [1.165, 1.54) is 7.11 Å². The van der Waals surface area contributed by atoms with E-state index >= 15 is 0 Å². The van der Waals surface area contributed by atoms with E-state index in [0.29, 0.717) is 11.6 Å². The van der Waals surface area contributed by atoms with E-state index < -0.39 is 5.60 Å². The quantitative estimate of drug-likeness (QED) is 0.392. The summed E-state index contributed by atoms with van der Waals surface area (Å²) in [5.74, 6) is 6.33. The summed E-state index contributed by atoms with van der Waals surface area (Å²) in [6.07, 6.45) is 3.46. The van der Waals surface area contributed by atoms with Crippen molar-refractivity contribution in [1.82, 2.24) is 14.7 Å². The minimum Gasteiger partial charge on any atom is -0.465 e. The number of nitrogens with zero attached hydrogens (tertiary/aromatic N) is 4. The molecule has 0 aromatic heterocycles. The second kappa shape index (κ2) is 13.5. The van der Waals surface area contributed by atoms with Crippen LogP contribution >= 0.6 is 0 Å². The zero-order chi connectivity index (χ0) is 28.7. The Morgan fingerprint density at radius 3 is 2.23 bits per heavy atom. The number of methoxy groups -OCH3 is 1. The number of amides is 1. The Kier molecular flexibility index (Phi) is 10.7. The summed E-state index contributed by atoms with van der Waals surface area (Å²) in [4.78, 5) is 34.2. The number of hydrogen-bond donors (Lipinski definition) is 0. The summed E-state index contributed by atoms with van der Waals surface area (Å²) >= 11 is 0. The maximum absolute atomic E-state index is 12.7. The molecule has 0 atom stereocenters. The Morgan fingerprint density at radius 1 is 1.05 bits per heavy atom. The lowest BCUT2D eigenvalue weighted by Gasteiger charge is -2.41. The van der Waals surface area contributed by atoms with Crippen LogP contribution in [0.15, 0.2) is 12.1 Å². The van der Waals surface area contributed by atoms with Gasteiger partial charge in [0.2, 0.25) is 0 Å². The lowest BCUT2D eigenvalue weighted by Crippen LogP contribution is -2.46. The maximum Gasteiger partial charge on any atom is 0.410 e. The van der Waals surface area contributed by atoms with Crippen molar-refractivity contribution in [2.24, 2.45) is 0 Å². The van der Waals surface area contributed by atoms with E-state index in [0.717, 1.165) is 81.8 Å². The van der Waals surface area contributed by atoms with Gasteiger partial charge < -0.3 is 24.2 Å². The topological polar surface area (TPSA) is 65.6 Å². The summed E-state index contributed by atoms with van der Waals surface area (Å²) in [6.45, 7) is 15.5. The first-order chi connectivity index (χ1) is 18.4. The maximum atomic E-state index is 12.7. The fraction of sp³-hybridized carbons (Fsp3) is 0.677. The monoisotopic (exact) mass is 540 g/mol. The molecule has 1 saturated heterocycles. The third-order valence-electron chi connectivity index (χ3n) is 7.90. The van der Waals surface area contributed by atoms with Crippen LogP contribution in [-0.4, -0.2) is 105 Å². The molecule has 1 saturated carbocycles. The van der Waals surface area contributed by atoms with Crippen molar-refractivity contribution in [1.29, 1.82) is 0 Å². The summed E-state index contributed by atoms with van der Waals surface area (Å²) in [7, 11) is 5.41. The Bertz CT molecular complexity index is 1050. The molecule has 1 aromatic rings. The molecule has 0 bridgehead atoms. The highest BCUT2D eigenvalue weighted by molar-refractivity contribution is 5.93. The molecule has 1 aliphatic heterocycles. The van der Waals surface area contributed by atoms with Crippen molar-refractivity contribution < 1.29 is 19.1 Å². The number of carbonyl (C=O) groups is 2. The van der Waals surface area contributed by atoms with Gasteiger partial charge in [-0.25, -0.2) is 9.59 Å². The van der Waals surface area contributed by atoms with E-state index in [9.17, 15) is 9.59 Å². The minimum atomic E-state index is -0.505. The van der Waals surface area contributed by atoms with Gasteiger partial charge in [0.25, 0.3) is 0 Å². The predicted molar refractivity (Wildman–Crippen MR) is 156 cm³/mol. The lowest BCUT2D eigenvalue weighted by atomic mass is 9.88. The molecule has 8 heteroatoms. The Morgan fingerprint density at radius 2 is 1.67 bits per heavy atom. The molecule has 39 heavy (non-hydrogen) atoms. The summed E-state index contributed by atoms with van der Waals surface area (Å²) in [5, 5.41) is 0. The second-order valence-electron chi connectivity index (χ2n) is 11.9. The SMILES string of the molecule is CCN(c1cc(C#CCN2CCN(C)CC2)cc(C(=O)OC)c1C)[C@H]1CC[C@H](N(C)C(=O)OC(C)(C)C)CC1. The van der Waals surface area contributed by atoms with Crippen LogP contribution in [0, 0.1) is 18.8 Å². The molecule has 1 amide bonds. The zero-order valence-corrected chi connectivity index (χ0v) is 25.3. The number of piperazine rings is 1. The minimum absolute atomic E-state index is 0.160. The van der Waals surface area contributed by atoms with Gasteiger partial charge in [-0.15, -0.1) is 0 Å². The van der Waals surface area contributed by atoms with E-state index in [-0.39, 0.29) is 18.1 Å². The van der Waals surface area contributed by atoms with Gasteiger partial charge in [0.1, 0.15) is 5.60 Å². The zero-order valence-electron chi connectivity index (χ0n) is 25.3. The fourth-order valence-corrected chi connectivity index (χ4v) is 5.52. The van der Waals surface area contributed by atoms with Crippen molar-refractivity contribution in [2.45, 2.75) is 78.0 Å². The van der Waals surface area contributed by atoms with E-state index in [2.05, 4.69) is 46.6 Å². The number of benzene rings is 1. The van der Waals surface area contributed by atoms with Crippen molar-refractivity contribution in [3.63, 3.8) is 0 Å². The number of carbonyl (C=O) groups excluding carboxylic acids is 2. The average molecular weight is 541 g/mol. The van der Waals surface area contributed by atoms with Crippen LogP contribution in [0.3, 0.4) is 0 Å². The van der Waals surface area contributed by atoms with E-state index in [4.69, 9.17) is 9.47 Å². The highest BCUT2D eigenvalue weighted by Crippen LogP contribution is 2.33. The number of anilines is 1. The molecule has 2 aliphatic rings. The average Bonchev–Trinajstić information content (AvgIpc) is 2.90. The molecule has 8 nitrogen and oxygen atoms in total. The van der Waals surface area contributed by atoms with Gasteiger partial charge in [0, 0.05) is 63.1 Å². The molecule has 0 radical (unpaired) electrons. The second-order valence-corrected chi connectivity index (χ2v) is 11.9. The fourth-order valence-electron chi connectivity index (χ4n) is 5.52. The van der Waals surface area contributed by atoms with Crippen LogP contribution in [0.4, 0.5) is 10.5 Å². The first-order valence-electron chi connectivity index (χ1n) is 14.3. The Labute approximate surface area is 235 Å². The number of hydrogen-bond acceptors (Lipinski definition) is 7. The largest absolute Gasteiger partial charge is 0.465 e. The van der Waals surface area contributed by atoms with Gasteiger partial charge in [0.15, 0.2) is 0 Å². The standard InChI is InChI=1S/C31H48N4O4/c1-9-35(26-14-12-25(13-15-26)33(7)30(37)39-31(3,4)5)28-22-24(21-27(23(28)2)29(36)38-8)11-10-16-34-19-17-32(6)18-20-34/h21-22,25-26H,9,12-20H2,1-8H3/t25-,26-. The smallest absolute Gasteiger partial charge is 0.410 e. The molecule has 3 rings (SSSR count). The predicted octanol–water partition coefficient (Wildman–Crippen LogP) is 4.38. The molecule has 0 spiro atoms. The summed E-state index contributed by atoms with van der Waals surface area (Å²) < 4.78 is 10.7. The third kappa shape index (κ3) is 8.36. The van der Waals surface area contributed by atoms with Crippen LogP contribution in [0.1, 0.15) is 74.9 Å². The molecule has 0 N–H and O–H groups in total. The van der Waals surface area contributed by atoms with Crippen molar-refractivity contribution in [3.8, 4) is 11.8 Å². The van der Waals surface area contributed by atoms with Crippen LogP contribution in [-0.2, 0) is 9.47 Å². The first kappa shape index (κ1) is 30.8. The molecule has 1 aliphatic carbocycles. The van der Waals surface area contributed by atoms with Crippen LogP contribution in [0.25, 0.3) is 0 Å². The molecule has 1 heterocycles. The van der Waals surface area contributed by atoms with E-state index in [1.807, 2.05) is 40.8 Å². The first-order valence-corrected chi connectivity index (χ1v) is 14.3. The Hall–Kier alpha value is -2.76. The molecule has 1 aromatic carbocycles. The van der Waals surface area contributed by atoms with Gasteiger partial charge in [-0.05, 0) is 85.0 Å². The normalized spacial score (nSPS) is 20.5. The van der Waals surface area contributed by atoms with Gasteiger partial charge in [-0.1, -0.05) is 11.8 Å². The van der Waals surface area contributed by atoms with Crippen LogP contribution < -0.4 is 4.90 Å².